The maximum atomic E-state index is 5.81. The molecule has 0 saturated carbocycles. The fourth-order valence-electron chi connectivity index (χ4n) is 1.48. The first kappa shape index (κ1) is 10.0. The molecule has 7 heteroatoms. The molecule has 0 saturated heterocycles. The molecule has 0 spiro atoms. The highest BCUT2D eigenvalue weighted by Gasteiger charge is 2.18. The predicted molar refractivity (Wildman–Crippen MR) is 62.3 cm³/mol. The van der Waals surface area contributed by atoms with E-state index < -0.39 is 0 Å². The van der Waals surface area contributed by atoms with Gasteiger partial charge in [-0.05, 0) is 24.5 Å². The van der Waals surface area contributed by atoms with Crippen molar-refractivity contribution in [3.05, 3.63) is 24.3 Å². The minimum Gasteiger partial charge on any atom is -0.472 e. The number of aromatic nitrogens is 3. The summed E-state index contributed by atoms with van der Waals surface area (Å²) in [4.78, 5) is 4.27. The Morgan fingerprint density at radius 2 is 2.29 bits per heavy atom. The van der Waals surface area contributed by atoms with Crippen molar-refractivity contribution < 1.29 is 8.94 Å². The van der Waals surface area contributed by atoms with Gasteiger partial charge in [-0.25, -0.2) is 0 Å². The number of nitrogen functional groups attached to an aromatic ring is 1. The summed E-state index contributed by atoms with van der Waals surface area (Å²) in [5, 5.41) is 4.45. The second kappa shape index (κ2) is 3.70. The summed E-state index contributed by atoms with van der Waals surface area (Å²) in [6.45, 7) is 1.85. The molecule has 0 atom stereocenters. The Hall–Kier alpha value is -2.15. The molecule has 0 unspecified atom stereocenters. The third-order valence-corrected chi connectivity index (χ3v) is 3.07. The summed E-state index contributed by atoms with van der Waals surface area (Å²) in [5.74, 6) is 0.851. The van der Waals surface area contributed by atoms with Crippen LogP contribution in [-0.2, 0) is 0 Å². The number of hydrogen-bond acceptors (Lipinski definition) is 7. The minimum absolute atomic E-state index is 0.380. The molecule has 0 aromatic carbocycles. The number of aryl methyl sites for hydroxylation is 1. The predicted octanol–water partition coefficient (Wildman–Crippen LogP) is 2.34. The van der Waals surface area contributed by atoms with Gasteiger partial charge in [0.1, 0.15) is 11.3 Å². The maximum Gasteiger partial charge on any atom is 0.263 e. The second-order valence-electron chi connectivity index (χ2n) is 3.44. The van der Waals surface area contributed by atoms with Crippen molar-refractivity contribution in [3.63, 3.8) is 0 Å². The Bertz CT molecular complexity index is 622. The van der Waals surface area contributed by atoms with Crippen molar-refractivity contribution in [1.82, 2.24) is 14.5 Å². The van der Waals surface area contributed by atoms with Gasteiger partial charge in [0.25, 0.3) is 5.89 Å². The quantitative estimate of drug-likeness (QED) is 0.748. The van der Waals surface area contributed by atoms with Gasteiger partial charge in [0.05, 0.1) is 23.1 Å². The van der Waals surface area contributed by atoms with Crippen molar-refractivity contribution in [2.75, 3.05) is 5.73 Å². The molecule has 0 fully saturated rings. The number of furan rings is 1. The Kier molecular flexibility index (Phi) is 2.19. The average molecular weight is 248 g/mol. The molecule has 3 rings (SSSR count). The molecule has 0 bridgehead atoms. The van der Waals surface area contributed by atoms with Crippen LogP contribution in [0.4, 0.5) is 5.00 Å². The van der Waals surface area contributed by atoms with Crippen LogP contribution in [0.5, 0.6) is 0 Å². The van der Waals surface area contributed by atoms with Gasteiger partial charge in [-0.2, -0.15) is 9.36 Å². The van der Waals surface area contributed by atoms with E-state index in [9.17, 15) is 0 Å². The van der Waals surface area contributed by atoms with E-state index in [1.54, 1.807) is 18.6 Å². The summed E-state index contributed by atoms with van der Waals surface area (Å²) in [6.07, 6.45) is 3.11. The van der Waals surface area contributed by atoms with Gasteiger partial charge in [0.15, 0.2) is 0 Å². The molecule has 0 aliphatic carbocycles. The minimum atomic E-state index is 0.380. The molecule has 0 aliphatic heterocycles. The molecule has 17 heavy (non-hydrogen) atoms. The van der Waals surface area contributed by atoms with E-state index in [1.807, 2.05) is 6.92 Å². The van der Waals surface area contributed by atoms with Crippen molar-refractivity contribution in [3.8, 4) is 22.8 Å². The van der Waals surface area contributed by atoms with Crippen LogP contribution in [0.15, 0.2) is 27.5 Å². The summed E-state index contributed by atoms with van der Waals surface area (Å²) in [5.41, 5.74) is 8.07. The van der Waals surface area contributed by atoms with Gasteiger partial charge in [0, 0.05) is 0 Å². The number of nitrogens with two attached hydrogens (primary N) is 1. The lowest BCUT2D eigenvalue weighted by Crippen LogP contribution is -1.86. The molecule has 0 radical (unpaired) electrons. The fourth-order valence-corrected chi connectivity index (χ4v) is 2.13. The highest BCUT2D eigenvalue weighted by molar-refractivity contribution is 7.10. The van der Waals surface area contributed by atoms with E-state index >= 15 is 0 Å². The maximum absolute atomic E-state index is 5.81. The smallest absolute Gasteiger partial charge is 0.263 e. The highest BCUT2D eigenvalue weighted by Crippen LogP contribution is 2.32. The Morgan fingerprint density at radius 1 is 1.41 bits per heavy atom. The number of anilines is 1. The van der Waals surface area contributed by atoms with Gasteiger partial charge >= 0.3 is 0 Å². The van der Waals surface area contributed by atoms with Gasteiger partial charge in [-0.15, -0.1) is 0 Å². The third kappa shape index (κ3) is 1.60. The molecule has 3 heterocycles. The van der Waals surface area contributed by atoms with Crippen LogP contribution in [0.2, 0.25) is 0 Å². The molecule has 0 amide bonds. The standard InChI is InChI=1S/C10H8N4O2S/c1-5-7(8(11)17-14-5)10-12-9(13-16-10)6-2-3-15-4-6/h2-4H,11H2,1H3. The summed E-state index contributed by atoms with van der Waals surface area (Å²) in [6, 6.07) is 1.76. The van der Waals surface area contributed by atoms with Crippen molar-refractivity contribution in [2.24, 2.45) is 0 Å². The van der Waals surface area contributed by atoms with Gasteiger partial charge in [-0.1, -0.05) is 5.16 Å². The van der Waals surface area contributed by atoms with Crippen LogP contribution in [0.3, 0.4) is 0 Å². The first-order valence-corrected chi connectivity index (χ1v) is 5.61. The lowest BCUT2D eigenvalue weighted by atomic mass is 10.2. The monoisotopic (exact) mass is 248 g/mol. The van der Waals surface area contributed by atoms with E-state index in [2.05, 4.69) is 14.5 Å². The molecule has 86 valence electrons. The van der Waals surface area contributed by atoms with Crippen LogP contribution in [0.1, 0.15) is 5.69 Å². The molecular weight excluding hydrogens is 240 g/mol. The fraction of sp³-hybridized carbons (Fsp3) is 0.100. The van der Waals surface area contributed by atoms with Gasteiger partial charge in [-0.3, -0.25) is 0 Å². The van der Waals surface area contributed by atoms with E-state index in [1.165, 1.54) is 11.5 Å². The first-order valence-electron chi connectivity index (χ1n) is 4.84. The molecule has 2 N–H and O–H groups in total. The van der Waals surface area contributed by atoms with Crippen LogP contribution in [0, 0.1) is 6.92 Å². The van der Waals surface area contributed by atoms with Crippen molar-refractivity contribution in [1.29, 1.82) is 0 Å². The number of nitrogens with zero attached hydrogens (tertiary/aromatic N) is 3. The van der Waals surface area contributed by atoms with E-state index in [0.717, 1.165) is 11.3 Å². The summed E-state index contributed by atoms with van der Waals surface area (Å²) < 4.78 is 14.3. The zero-order valence-electron chi connectivity index (χ0n) is 8.88. The molecule has 3 aromatic rings. The zero-order chi connectivity index (χ0) is 11.8. The summed E-state index contributed by atoms with van der Waals surface area (Å²) >= 11 is 1.21. The lowest BCUT2D eigenvalue weighted by Gasteiger charge is -1.91. The van der Waals surface area contributed by atoms with Crippen LogP contribution in [0.25, 0.3) is 22.8 Å². The largest absolute Gasteiger partial charge is 0.472 e. The number of hydrogen-bond donors (Lipinski definition) is 1. The van der Waals surface area contributed by atoms with Gasteiger partial charge in [0.2, 0.25) is 5.82 Å². The van der Waals surface area contributed by atoms with Crippen molar-refractivity contribution in [2.45, 2.75) is 6.92 Å². The molecule has 0 aliphatic rings. The topological polar surface area (TPSA) is 91.0 Å². The Morgan fingerprint density at radius 3 is 2.94 bits per heavy atom. The third-order valence-electron chi connectivity index (χ3n) is 2.31. The zero-order valence-corrected chi connectivity index (χ0v) is 9.69. The van der Waals surface area contributed by atoms with E-state index in [-0.39, 0.29) is 0 Å². The van der Waals surface area contributed by atoms with Gasteiger partial charge < -0.3 is 14.7 Å². The molecular formula is C10H8N4O2S. The molecule has 6 nitrogen and oxygen atoms in total. The SMILES string of the molecule is Cc1nsc(N)c1-c1nc(-c2ccoc2)no1. The van der Waals surface area contributed by atoms with Crippen LogP contribution in [-0.4, -0.2) is 14.5 Å². The second-order valence-corrected chi connectivity index (χ2v) is 4.25. The Balaban J connectivity index is 2.07. The normalized spacial score (nSPS) is 10.9. The van der Waals surface area contributed by atoms with E-state index in [0.29, 0.717) is 22.3 Å². The molecule has 3 aromatic heterocycles. The first-order chi connectivity index (χ1) is 8.25. The average Bonchev–Trinajstić information content (AvgIpc) is 2.98. The summed E-state index contributed by atoms with van der Waals surface area (Å²) in [7, 11) is 0. The van der Waals surface area contributed by atoms with Crippen LogP contribution >= 0.6 is 11.5 Å². The van der Waals surface area contributed by atoms with Crippen molar-refractivity contribution >= 4 is 16.5 Å². The Labute approximate surface area is 100 Å². The highest BCUT2D eigenvalue weighted by atomic mass is 32.1. The van der Waals surface area contributed by atoms with Crippen LogP contribution < -0.4 is 5.73 Å². The number of rotatable bonds is 2. The lowest BCUT2D eigenvalue weighted by molar-refractivity contribution is 0.432. The van der Waals surface area contributed by atoms with E-state index in [4.69, 9.17) is 14.7 Å².